The summed E-state index contributed by atoms with van der Waals surface area (Å²) in [6, 6.07) is 13.7. The molecule has 0 spiro atoms. The van der Waals surface area contributed by atoms with Gasteiger partial charge in [0.1, 0.15) is 12.3 Å². The van der Waals surface area contributed by atoms with Crippen molar-refractivity contribution < 1.29 is 23.9 Å². The molecule has 8 nitrogen and oxygen atoms in total. The molecule has 1 N–H and O–H groups in total. The van der Waals surface area contributed by atoms with Crippen LogP contribution in [0.1, 0.15) is 15.9 Å². The van der Waals surface area contributed by atoms with Gasteiger partial charge in [0.05, 0.1) is 20.1 Å². The molecule has 3 rings (SSSR count). The van der Waals surface area contributed by atoms with E-state index in [4.69, 9.17) is 4.74 Å². The molecule has 150 valence electrons. The number of ether oxygens (including phenoxy) is 1. The van der Waals surface area contributed by atoms with Gasteiger partial charge in [-0.15, -0.1) is 0 Å². The van der Waals surface area contributed by atoms with E-state index >= 15 is 0 Å². The number of likely N-dealkylation sites (N-methyl/N-ethyl adjacent to an activating group) is 1. The lowest BCUT2D eigenvalue weighted by atomic mass is 9.98. The summed E-state index contributed by atoms with van der Waals surface area (Å²) in [6.45, 7) is -0.627. The van der Waals surface area contributed by atoms with Crippen molar-refractivity contribution in [3.8, 4) is 5.75 Å². The number of hydrogen-bond donors (Lipinski definition) is 1. The molecule has 4 amide bonds. The van der Waals surface area contributed by atoms with Crippen LogP contribution in [0.2, 0.25) is 0 Å². The summed E-state index contributed by atoms with van der Waals surface area (Å²) >= 11 is 0. The molecule has 0 unspecified atom stereocenters. The lowest BCUT2D eigenvalue weighted by Gasteiger charge is -2.28. The van der Waals surface area contributed by atoms with Gasteiger partial charge < -0.3 is 15.0 Å². The topological polar surface area (TPSA) is 96.0 Å². The highest BCUT2D eigenvalue weighted by molar-refractivity contribution is 6.11. The molecular weight excluding hydrogens is 374 g/mol. The van der Waals surface area contributed by atoms with E-state index in [0.29, 0.717) is 22.6 Å². The average Bonchev–Trinajstić information content (AvgIpc) is 2.70. The summed E-state index contributed by atoms with van der Waals surface area (Å²) in [5, 5.41) is 2.68. The molecule has 0 fully saturated rings. The predicted octanol–water partition coefficient (Wildman–Crippen LogP) is 1.32. The molecule has 1 heterocycles. The van der Waals surface area contributed by atoms with E-state index in [1.165, 1.54) is 19.1 Å². The number of anilines is 1. The fourth-order valence-electron chi connectivity index (χ4n) is 3.02. The minimum absolute atomic E-state index is 0.0647. The molecule has 1 aliphatic heterocycles. The van der Waals surface area contributed by atoms with Gasteiger partial charge >= 0.3 is 0 Å². The van der Waals surface area contributed by atoms with Crippen LogP contribution in [0.5, 0.6) is 5.75 Å². The summed E-state index contributed by atoms with van der Waals surface area (Å²) in [7, 11) is 2.97. The van der Waals surface area contributed by atoms with Crippen molar-refractivity contribution in [1.29, 1.82) is 0 Å². The Bertz CT molecular complexity index is 972. The minimum Gasteiger partial charge on any atom is -0.497 e. The Balaban J connectivity index is 1.59. The van der Waals surface area contributed by atoms with Crippen LogP contribution in [-0.2, 0) is 20.8 Å². The van der Waals surface area contributed by atoms with Gasteiger partial charge in [0.25, 0.3) is 5.91 Å². The Hall–Kier alpha value is -3.68. The van der Waals surface area contributed by atoms with E-state index in [1.54, 1.807) is 48.5 Å². The highest BCUT2D eigenvalue weighted by Crippen LogP contribution is 2.20. The average molecular weight is 395 g/mol. The lowest BCUT2D eigenvalue weighted by Crippen LogP contribution is -2.48. The molecule has 29 heavy (non-hydrogen) atoms. The molecule has 0 atom stereocenters. The lowest BCUT2D eigenvalue weighted by molar-refractivity contribution is -0.138. The quantitative estimate of drug-likeness (QED) is 0.744. The van der Waals surface area contributed by atoms with E-state index in [1.807, 2.05) is 0 Å². The second kappa shape index (κ2) is 8.55. The van der Waals surface area contributed by atoms with Gasteiger partial charge in [-0.25, -0.2) is 0 Å². The van der Waals surface area contributed by atoms with Crippen LogP contribution in [0.4, 0.5) is 5.69 Å². The molecule has 0 aliphatic carbocycles. The number of hydrogen-bond acceptors (Lipinski definition) is 5. The number of rotatable bonds is 6. The molecule has 0 saturated carbocycles. The Kier molecular flexibility index (Phi) is 5.92. The van der Waals surface area contributed by atoms with Crippen molar-refractivity contribution in [3.63, 3.8) is 0 Å². The Morgan fingerprint density at radius 1 is 1.14 bits per heavy atom. The molecule has 8 heteroatoms. The van der Waals surface area contributed by atoms with Gasteiger partial charge in [-0.2, -0.15) is 0 Å². The van der Waals surface area contributed by atoms with E-state index < -0.39 is 30.2 Å². The number of carbonyl (C=O) groups excluding carboxylic acids is 4. The third-order valence-electron chi connectivity index (χ3n) is 4.59. The van der Waals surface area contributed by atoms with Crippen LogP contribution in [0, 0.1) is 0 Å². The van der Waals surface area contributed by atoms with Crippen molar-refractivity contribution in [2.24, 2.45) is 0 Å². The number of carbonyl (C=O) groups is 4. The van der Waals surface area contributed by atoms with Gasteiger partial charge in [-0.05, 0) is 23.8 Å². The molecule has 2 aromatic carbocycles. The summed E-state index contributed by atoms with van der Waals surface area (Å²) < 4.78 is 5.10. The van der Waals surface area contributed by atoms with Crippen molar-refractivity contribution >= 4 is 29.3 Å². The Labute approximate surface area is 168 Å². The number of benzene rings is 2. The maximum Gasteiger partial charge on any atom is 0.261 e. The van der Waals surface area contributed by atoms with E-state index in [9.17, 15) is 19.2 Å². The zero-order valence-electron chi connectivity index (χ0n) is 16.2. The second-order valence-corrected chi connectivity index (χ2v) is 6.65. The molecule has 2 aromatic rings. The van der Waals surface area contributed by atoms with Crippen LogP contribution < -0.4 is 10.1 Å². The number of imide groups is 1. The number of nitrogens with one attached hydrogen (secondary N) is 1. The van der Waals surface area contributed by atoms with Gasteiger partial charge in [-0.1, -0.05) is 24.3 Å². The number of fused-ring (bicyclic) bond motifs is 1. The SMILES string of the molecule is COc1cccc(NC(=O)CN(C)C(=O)CN2C(=O)Cc3ccccc3C2=O)c1. The van der Waals surface area contributed by atoms with Crippen molar-refractivity contribution in [2.45, 2.75) is 6.42 Å². The third-order valence-corrected chi connectivity index (χ3v) is 4.59. The van der Waals surface area contributed by atoms with Gasteiger partial charge in [0.2, 0.25) is 17.7 Å². The monoisotopic (exact) mass is 395 g/mol. The zero-order chi connectivity index (χ0) is 21.0. The van der Waals surface area contributed by atoms with Crippen molar-refractivity contribution in [2.75, 3.05) is 32.6 Å². The summed E-state index contributed by atoms with van der Waals surface area (Å²) in [5.41, 5.74) is 1.60. The summed E-state index contributed by atoms with van der Waals surface area (Å²) in [4.78, 5) is 51.7. The Morgan fingerprint density at radius 2 is 1.90 bits per heavy atom. The molecule has 0 saturated heterocycles. The van der Waals surface area contributed by atoms with Crippen molar-refractivity contribution in [1.82, 2.24) is 9.80 Å². The van der Waals surface area contributed by atoms with E-state index in [0.717, 1.165) is 4.90 Å². The normalized spacial score (nSPS) is 13.0. The van der Waals surface area contributed by atoms with Crippen LogP contribution in [-0.4, -0.2) is 60.7 Å². The third kappa shape index (κ3) is 4.60. The second-order valence-electron chi connectivity index (χ2n) is 6.65. The van der Waals surface area contributed by atoms with Crippen LogP contribution in [0.15, 0.2) is 48.5 Å². The van der Waals surface area contributed by atoms with E-state index in [2.05, 4.69) is 5.32 Å². The highest BCUT2D eigenvalue weighted by Gasteiger charge is 2.32. The number of methoxy groups -OCH3 is 1. The predicted molar refractivity (Wildman–Crippen MR) is 105 cm³/mol. The van der Waals surface area contributed by atoms with Gasteiger partial charge in [-0.3, -0.25) is 24.1 Å². The first-order valence-corrected chi connectivity index (χ1v) is 8.99. The molecule has 1 aliphatic rings. The smallest absolute Gasteiger partial charge is 0.261 e. The van der Waals surface area contributed by atoms with Crippen LogP contribution in [0.25, 0.3) is 0 Å². The standard InChI is InChI=1S/C21H21N3O5/c1-23(12-18(25)22-15-7-5-8-16(11-15)29-2)20(27)13-24-19(26)10-14-6-3-4-9-17(14)21(24)28/h3-9,11H,10,12-13H2,1-2H3,(H,22,25). The van der Waals surface area contributed by atoms with Crippen LogP contribution >= 0.6 is 0 Å². The largest absolute Gasteiger partial charge is 0.497 e. The summed E-state index contributed by atoms with van der Waals surface area (Å²) in [5.74, 6) is -1.26. The Morgan fingerprint density at radius 3 is 2.66 bits per heavy atom. The van der Waals surface area contributed by atoms with Crippen molar-refractivity contribution in [3.05, 3.63) is 59.7 Å². The first-order chi connectivity index (χ1) is 13.9. The van der Waals surface area contributed by atoms with Gasteiger partial charge in [0, 0.05) is 24.4 Å². The fourth-order valence-corrected chi connectivity index (χ4v) is 3.02. The maximum absolute atomic E-state index is 12.6. The van der Waals surface area contributed by atoms with Gasteiger partial charge in [0.15, 0.2) is 0 Å². The van der Waals surface area contributed by atoms with E-state index in [-0.39, 0.29) is 13.0 Å². The number of nitrogens with zero attached hydrogens (tertiary/aromatic N) is 2. The summed E-state index contributed by atoms with van der Waals surface area (Å²) in [6.07, 6.45) is 0.0647. The first kappa shape index (κ1) is 20.1. The first-order valence-electron chi connectivity index (χ1n) is 8.99. The molecule has 0 bridgehead atoms. The molecular formula is C21H21N3O5. The number of amides is 4. The molecule has 0 radical (unpaired) electrons. The molecule has 0 aromatic heterocycles. The zero-order valence-corrected chi connectivity index (χ0v) is 16.2. The maximum atomic E-state index is 12.6. The highest BCUT2D eigenvalue weighted by atomic mass is 16.5. The fraction of sp³-hybridized carbons (Fsp3) is 0.238. The minimum atomic E-state index is -0.508. The van der Waals surface area contributed by atoms with Crippen LogP contribution in [0.3, 0.4) is 0 Å².